The third kappa shape index (κ3) is 3.98. The van der Waals surface area contributed by atoms with Crippen LogP contribution in [0.25, 0.3) is 0 Å². The van der Waals surface area contributed by atoms with E-state index in [0.717, 1.165) is 24.7 Å². The first kappa shape index (κ1) is 13.9. The van der Waals surface area contributed by atoms with Gasteiger partial charge in [-0.25, -0.2) is 0 Å². The average Bonchev–Trinajstić information content (AvgIpc) is 2.84. The monoisotopic (exact) mass is 252 g/mol. The van der Waals surface area contributed by atoms with E-state index in [4.69, 9.17) is 0 Å². The molecule has 0 aromatic heterocycles. The maximum Gasteiger partial charge on any atom is 0.234 e. The quantitative estimate of drug-likeness (QED) is 0.807. The lowest BCUT2D eigenvalue weighted by molar-refractivity contribution is -0.121. The summed E-state index contributed by atoms with van der Waals surface area (Å²) >= 11 is 0. The molecule has 3 nitrogen and oxygen atoms in total. The number of nitrogens with one attached hydrogen (secondary N) is 2. The van der Waals surface area contributed by atoms with Crippen LogP contribution in [0, 0.1) is 11.8 Å². The third-order valence-electron chi connectivity index (χ3n) is 4.87. The minimum atomic E-state index is 0.189. The Labute approximate surface area is 111 Å². The molecule has 2 aliphatic rings. The summed E-state index contributed by atoms with van der Waals surface area (Å²) in [6, 6.07) is 0.995. The van der Waals surface area contributed by atoms with E-state index >= 15 is 0 Å². The van der Waals surface area contributed by atoms with Crippen molar-refractivity contribution in [2.24, 2.45) is 11.8 Å². The fourth-order valence-electron chi connectivity index (χ4n) is 3.32. The van der Waals surface area contributed by atoms with Crippen LogP contribution in [0.15, 0.2) is 0 Å². The van der Waals surface area contributed by atoms with Gasteiger partial charge in [-0.2, -0.15) is 0 Å². The summed E-state index contributed by atoms with van der Waals surface area (Å²) in [5.74, 6) is 1.75. The van der Waals surface area contributed by atoms with Crippen molar-refractivity contribution in [1.82, 2.24) is 10.6 Å². The highest BCUT2D eigenvalue weighted by molar-refractivity contribution is 5.78. The fourth-order valence-corrected chi connectivity index (χ4v) is 3.32. The lowest BCUT2D eigenvalue weighted by Crippen LogP contribution is -2.45. The minimum Gasteiger partial charge on any atom is -0.352 e. The second kappa shape index (κ2) is 6.55. The zero-order valence-electron chi connectivity index (χ0n) is 11.9. The summed E-state index contributed by atoms with van der Waals surface area (Å²) in [4.78, 5) is 11.9. The van der Waals surface area contributed by atoms with Crippen LogP contribution in [0.1, 0.15) is 58.8 Å². The molecular weight excluding hydrogens is 224 g/mol. The maximum atomic E-state index is 11.9. The molecule has 1 amide bonds. The normalized spacial score (nSPS) is 33.6. The van der Waals surface area contributed by atoms with Crippen LogP contribution < -0.4 is 10.6 Å². The van der Waals surface area contributed by atoms with Gasteiger partial charge in [-0.15, -0.1) is 0 Å². The van der Waals surface area contributed by atoms with Gasteiger partial charge >= 0.3 is 0 Å². The Morgan fingerprint density at radius 2 is 1.72 bits per heavy atom. The number of carbonyl (C=O) groups is 1. The summed E-state index contributed by atoms with van der Waals surface area (Å²) in [6.07, 6.45) is 8.67. The molecule has 104 valence electrons. The summed E-state index contributed by atoms with van der Waals surface area (Å²) in [5.41, 5.74) is 0. The predicted molar refractivity (Wildman–Crippen MR) is 74.4 cm³/mol. The van der Waals surface area contributed by atoms with Gasteiger partial charge in [0.25, 0.3) is 0 Å². The molecule has 2 aliphatic carbocycles. The Hall–Kier alpha value is -0.570. The lowest BCUT2D eigenvalue weighted by atomic mass is 9.79. The van der Waals surface area contributed by atoms with E-state index in [2.05, 4.69) is 24.5 Å². The smallest absolute Gasteiger partial charge is 0.234 e. The molecular formula is C15H28N2O. The van der Waals surface area contributed by atoms with Gasteiger partial charge in [0.2, 0.25) is 5.91 Å². The van der Waals surface area contributed by atoms with Gasteiger partial charge in [0, 0.05) is 12.1 Å². The van der Waals surface area contributed by atoms with Crippen LogP contribution in [0.3, 0.4) is 0 Å². The first-order valence-electron chi connectivity index (χ1n) is 7.68. The van der Waals surface area contributed by atoms with Crippen molar-refractivity contribution in [2.75, 3.05) is 6.54 Å². The van der Waals surface area contributed by atoms with Gasteiger partial charge in [0.15, 0.2) is 0 Å². The molecule has 0 bridgehead atoms. The Morgan fingerprint density at radius 1 is 1.00 bits per heavy atom. The van der Waals surface area contributed by atoms with Gasteiger partial charge in [-0.05, 0) is 43.9 Å². The van der Waals surface area contributed by atoms with Gasteiger partial charge in [0.1, 0.15) is 0 Å². The topological polar surface area (TPSA) is 41.1 Å². The summed E-state index contributed by atoms with van der Waals surface area (Å²) < 4.78 is 0. The molecule has 2 rings (SSSR count). The number of amides is 1. The second-order valence-corrected chi connectivity index (χ2v) is 6.39. The molecule has 0 radical (unpaired) electrons. The fraction of sp³-hybridized carbons (Fsp3) is 0.933. The van der Waals surface area contributed by atoms with E-state index in [0.29, 0.717) is 18.6 Å². The zero-order chi connectivity index (χ0) is 13.0. The van der Waals surface area contributed by atoms with Crippen molar-refractivity contribution < 1.29 is 4.79 Å². The second-order valence-electron chi connectivity index (χ2n) is 6.39. The summed E-state index contributed by atoms with van der Waals surface area (Å²) in [7, 11) is 0. The van der Waals surface area contributed by atoms with Crippen molar-refractivity contribution in [3.05, 3.63) is 0 Å². The molecule has 0 heterocycles. The molecule has 0 saturated heterocycles. The molecule has 0 aliphatic heterocycles. The van der Waals surface area contributed by atoms with E-state index in [-0.39, 0.29) is 5.91 Å². The largest absolute Gasteiger partial charge is 0.352 e. The molecule has 2 saturated carbocycles. The predicted octanol–water partition coefficient (Wildman–Crippen LogP) is 2.46. The molecule has 3 atom stereocenters. The Kier molecular flexibility index (Phi) is 5.04. The van der Waals surface area contributed by atoms with E-state index in [1.807, 2.05) is 0 Å². The summed E-state index contributed by atoms with van der Waals surface area (Å²) in [5, 5.41) is 6.57. The first-order valence-corrected chi connectivity index (χ1v) is 7.68. The van der Waals surface area contributed by atoms with Crippen LogP contribution in [0.5, 0.6) is 0 Å². The molecule has 0 spiro atoms. The van der Waals surface area contributed by atoms with Crippen LogP contribution in [-0.4, -0.2) is 24.5 Å². The van der Waals surface area contributed by atoms with E-state index in [1.54, 1.807) is 0 Å². The molecule has 3 heteroatoms. The van der Waals surface area contributed by atoms with Crippen LogP contribution in [0.4, 0.5) is 0 Å². The number of rotatable bonds is 4. The van der Waals surface area contributed by atoms with Crippen LogP contribution in [0.2, 0.25) is 0 Å². The maximum absolute atomic E-state index is 11.9. The van der Waals surface area contributed by atoms with Gasteiger partial charge < -0.3 is 10.6 Å². The van der Waals surface area contributed by atoms with Crippen molar-refractivity contribution in [2.45, 2.75) is 70.9 Å². The Balaban J connectivity index is 1.64. The highest BCUT2D eigenvalue weighted by Gasteiger charge is 2.25. The highest BCUT2D eigenvalue weighted by Crippen LogP contribution is 2.29. The molecule has 18 heavy (non-hydrogen) atoms. The van der Waals surface area contributed by atoms with Gasteiger partial charge in [-0.1, -0.05) is 26.7 Å². The first-order chi connectivity index (χ1) is 8.65. The molecule has 2 fully saturated rings. The van der Waals surface area contributed by atoms with E-state index in [1.165, 1.54) is 32.1 Å². The lowest BCUT2D eigenvalue weighted by Gasteiger charge is -2.32. The molecule has 0 aromatic carbocycles. The highest BCUT2D eigenvalue weighted by atomic mass is 16.1. The molecule has 3 unspecified atom stereocenters. The number of hydrogen-bond donors (Lipinski definition) is 2. The van der Waals surface area contributed by atoms with Crippen LogP contribution >= 0.6 is 0 Å². The van der Waals surface area contributed by atoms with Gasteiger partial charge in [0.05, 0.1) is 6.54 Å². The van der Waals surface area contributed by atoms with E-state index < -0.39 is 0 Å². The average molecular weight is 252 g/mol. The van der Waals surface area contributed by atoms with E-state index in [9.17, 15) is 4.79 Å². The minimum absolute atomic E-state index is 0.189. The third-order valence-corrected chi connectivity index (χ3v) is 4.87. The van der Waals surface area contributed by atoms with Crippen molar-refractivity contribution >= 4 is 5.91 Å². The van der Waals surface area contributed by atoms with Crippen molar-refractivity contribution in [3.63, 3.8) is 0 Å². The Bertz CT molecular complexity index is 274. The Morgan fingerprint density at radius 3 is 2.39 bits per heavy atom. The standard InChI is InChI=1S/C15H28N2O/c1-11-7-8-14(9-12(11)2)17-15(18)10-16-13-5-3-4-6-13/h11-14,16H,3-10H2,1-2H3,(H,17,18). The SMILES string of the molecule is CC1CCC(NC(=O)CNC2CCCC2)CC1C. The van der Waals surface area contributed by atoms with Crippen molar-refractivity contribution in [1.29, 1.82) is 0 Å². The number of carbonyl (C=O) groups excluding carboxylic acids is 1. The van der Waals surface area contributed by atoms with Crippen molar-refractivity contribution in [3.8, 4) is 0 Å². The molecule has 2 N–H and O–H groups in total. The van der Waals surface area contributed by atoms with Crippen LogP contribution in [-0.2, 0) is 4.79 Å². The molecule has 0 aromatic rings. The van der Waals surface area contributed by atoms with Gasteiger partial charge in [-0.3, -0.25) is 4.79 Å². The zero-order valence-corrected chi connectivity index (χ0v) is 11.9. The summed E-state index contributed by atoms with van der Waals surface area (Å²) in [6.45, 7) is 5.13. The number of hydrogen-bond acceptors (Lipinski definition) is 2.